The molecular formula is C19H20ClN3O2S. The fourth-order valence-electron chi connectivity index (χ4n) is 3.47. The van der Waals surface area contributed by atoms with Gasteiger partial charge in [0.05, 0.1) is 12.5 Å². The summed E-state index contributed by atoms with van der Waals surface area (Å²) >= 11 is 7.77. The number of nitrogens with one attached hydrogen (secondary N) is 1. The molecule has 1 aliphatic heterocycles. The summed E-state index contributed by atoms with van der Waals surface area (Å²) < 4.78 is 5.07. The molecule has 2 atom stereocenters. The molecule has 7 heteroatoms. The monoisotopic (exact) mass is 389 g/mol. The summed E-state index contributed by atoms with van der Waals surface area (Å²) in [4.78, 5) is 15.9. The third-order valence-corrected chi connectivity index (χ3v) is 6.44. The van der Waals surface area contributed by atoms with Gasteiger partial charge in [0.1, 0.15) is 5.03 Å². The number of thioether (sulfide) groups is 1. The van der Waals surface area contributed by atoms with Crippen molar-refractivity contribution in [3.63, 3.8) is 0 Å². The summed E-state index contributed by atoms with van der Waals surface area (Å²) in [6.07, 6.45) is 9.32. The Kier molecular flexibility index (Phi) is 5.31. The average molecular weight is 390 g/mol. The summed E-state index contributed by atoms with van der Waals surface area (Å²) in [6, 6.07) is 4.02. The lowest BCUT2D eigenvalue weighted by molar-refractivity contribution is -0.140. The minimum atomic E-state index is -0.0919. The van der Waals surface area contributed by atoms with Crippen LogP contribution < -0.4 is 0 Å². The Morgan fingerprint density at radius 1 is 1.31 bits per heavy atom. The number of ether oxygens (including phenoxy) is 1. The molecule has 2 aliphatic rings. The molecule has 0 aromatic carbocycles. The van der Waals surface area contributed by atoms with E-state index in [9.17, 15) is 4.79 Å². The first-order chi connectivity index (χ1) is 12.7. The number of H-pyrrole nitrogens is 1. The lowest BCUT2D eigenvalue weighted by Gasteiger charge is -2.20. The van der Waals surface area contributed by atoms with Crippen molar-refractivity contribution in [2.75, 3.05) is 12.4 Å². The van der Waals surface area contributed by atoms with E-state index in [1.54, 1.807) is 24.2 Å². The van der Waals surface area contributed by atoms with Gasteiger partial charge in [-0.3, -0.25) is 14.9 Å². The Labute approximate surface area is 161 Å². The van der Waals surface area contributed by atoms with Crippen molar-refractivity contribution in [3.05, 3.63) is 41.3 Å². The number of carbonyl (C=O) groups excluding carboxylic acids is 1. The number of aromatic nitrogens is 3. The molecule has 1 saturated heterocycles. The topological polar surface area (TPSA) is 67.9 Å². The van der Waals surface area contributed by atoms with Gasteiger partial charge in [-0.05, 0) is 43.4 Å². The van der Waals surface area contributed by atoms with Crippen LogP contribution in [0.3, 0.4) is 0 Å². The maximum atomic E-state index is 11.7. The highest BCUT2D eigenvalue weighted by Crippen LogP contribution is 2.41. The zero-order valence-corrected chi connectivity index (χ0v) is 15.9. The quantitative estimate of drug-likeness (QED) is 0.601. The Morgan fingerprint density at radius 3 is 2.85 bits per heavy atom. The number of halogens is 1. The normalized spacial score (nSPS) is 23.0. The minimum Gasteiger partial charge on any atom is -0.465 e. The summed E-state index contributed by atoms with van der Waals surface area (Å²) in [6.45, 7) is 0.530. The van der Waals surface area contributed by atoms with E-state index in [1.807, 2.05) is 12.1 Å². The first-order valence-corrected chi connectivity index (χ1v) is 10.2. The molecule has 1 N–H and O–H groups in total. The van der Waals surface area contributed by atoms with E-state index in [2.05, 4.69) is 21.3 Å². The van der Waals surface area contributed by atoms with Gasteiger partial charge in [-0.25, -0.2) is 0 Å². The second-order valence-corrected chi connectivity index (χ2v) is 8.13. The van der Waals surface area contributed by atoms with E-state index in [0.29, 0.717) is 18.3 Å². The molecule has 2 aromatic rings. The highest BCUT2D eigenvalue weighted by molar-refractivity contribution is 7.99. The van der Waals surface area contributed by atoms with E-state index in [4.69, 9.17) is 16.3 Å². The summed E-state index contributed by atoms with van der Waals surface area (Å²) in [5.41, 5.74) is 3.37. The van der Waals surface area contributed by atoms with Crippen molar-refractivity contribution in [2.45, 2.75) is 36.6 Å². The van der Waals surface area contributed by atoms with E-state index in [1.165, 1.54) is 0 Å². The Morgan fingerprint density at radius 2 is 2.15 bits per heavy atom. The summed E-state index contributed by atoms with van der Waals surface area (Å²) in [7, 11) is 0. The number of hydrogen-bond donors (Lipinski definition) is 1. The Balaban J connectivity index is 1.62. The number of carbonyl (C=O) groups is 1. The van der Waals surface area contributed by atoms with Crippen molar-refractivity contribution < 1.29 is 9.53 Å². The van der Waals surface area contributed by atoms with Crippen LogP contribution in [0, 0.1) is 5.92 Å². The Bertz CT molecular complexity index is 821. The SMILES string of the molecule is O=C1OCCC1CSc1n[nH]c(C2CC=C(Cl)CC2)c1-c1ccncc1. The molecule has 4 rings (SSSR count). The van der Waals surface area contributed by atoms with Crippen LogP contribution in [0.5, 0.6) is 0 Å². The maximum Gasteiger partial charge on any atom is 0.309 e. The average Bonchev–Trinajstić information content (AvgIpc) is 3.27. The number of hydrogen-bond acceptors (Lipinski definition) is 5. The lowest BCUT2D eigenvalue weighted by Crippen LogP contribution is -2.10. The molecule has 0 saturated carbocycles. The van der Waals surface area contributed by atoms with Crippen molar-refractivity contribution in [2.24, 2.45) is 5.92 Å². The highest BCUT2D eigenvalue weighted by Gasteiger charge is 2.29. The lowest BCUT2D eigenvalue weighted by atomic mass is 9.88. The predicted molar refractivity (Wildman–Crippen MR) is 102 cm³/mol. The van der Waals surface area contributed by atoms with E-state index >= 15 is 0 Å². The predicted octanol–water partition coefficient (Wildman–Crippen LogP) is 4.52. The molecule has 2 unspecified atom stereocenters. The van der Waals surface area contributed by atoms with Crippen LogP contribution >= 0.6 is 23.4 Å². The van der Waals surface area contributed by atoms with Crippen molar-refractivity contribution in [1.29, 1.82) is 0 Å². The second-order valence-electron chi connectivity index (χ2n) is 6.64. The van der Waals surface area contributed by atoms with Gasteiger partial charge in [0.15, 0.2) is 0 Å². The molecule has 0 bridgehead atoms. The van der Waals surface area contributed by atoms with Crippen LogP contribution in [0.4, 0.5) is 0 Å². The molecule has 1 fully saturated rings. The van der Waals surface area contributed by atoms with Gasteiger partial charge in [-0.1, -0.05) is 17.7 Å². The minimum absolute atomic E-state index is 0.0399. The zero-order valence-electron chi connectivity index (χ0n) is 14.3. The largest absolute Gasteiger partial charge is 0.465 e. The molecule has 0 spiro atoms. The number of allylic oxidation sites excluding steroid dienone is 2. The Hall–Kier alpha value is -1.79. The number of rotatable bonds is 5. The molecule has 136 valence electrons. The van der Waals surface area contributed by atoms with Crippen LogP contribution in [0.15, 0.2) is 40.7 Å². The smallest absolute Gasteiger partial charge is 0.309 e. The first kappa shape index (κ1) is 17.6. The standard InChI is InChI=1S/C19H20ClN3O2S/c20-15-3-1-13(2-4-15)17-16(12-5-8-21-9-6-12)18(23-22-17)26-11-14-7-10-25-19(14)24/h3,5-6,8-9,13-14H,1-2,4,7,10-11H2,(H,22,23). The number of aromatic amines is 1. The van der Waals surface area contributed by atoms with Crippen LogP contribution in [0.25, 0.3) is 11.1 Å². The second kappa shape index (κ2) is 7.84. The van der Waals surface area contributed by atoms with Gasteiger partial charge in [0.25, 0.3) is 0 Å². The zero-order chi connectivity index (χ0) is 17.9. The fourth-order valence-corrected chi connectivity index (χ4v) is 4.81. The maximum absolute atomic E-state index is 11.7. The van der Waals surface area contributed by atoms with Gasteiger partial charge in [0.2, 0.25) is 0 Å². The molecule has 5 nitrogen and oxygen atoms in total. The summed E-state index contributed by atoms with van der Waals surface area (Å²) in [5.74, 6) is 0.934. The fraction of sp³-hybridized carbons (Fsp3) is 0.421. The van der Waals surface area contributed by atoms with E-state index in [-0.39, 0.29) is 11.9 Å². The molecule has 1 aliphatic carbocycles. The molecule has 2 aromatic heterocycles. The highest BCUT2D eigenvalue weighted by atomic mass is 35.5. The van der Waals surface area contributed by atoms with Crippen molar-refractivity contribution >= 4 is 29.3 Å². The molecule has 0 amide bonds. The third-order valence-electron chi connectivity index (χ3n) is 4.96. The first-order valence-electron chi connectivity index (χ1n) is 8.85. The van der Waals surface area contributed by atoms with Crippen LogP contribution in [-0.4, -0.2) is 33.5 Å². The number of pyridine rings is 1. The molecule has 26 heavy (non-hydrogen) atoms. The summed E-state index contributed by atoms with van der Waals surface area (Å²) in [5, 5.41) is 9.73. The molecule has 0 radical (unpaired) electrons. The van der Waals surface area contributed by atoms with Gasteiger partial charge < -0.3 is 4.74 Å². The molecular weight excluding hydrogens is 370 g/mol. The van der Waals surface area contributed by atoms with Crippen LogP contribution in [0.2, 0.25) is 0 Å². The van der Waals surface area contributed by atoms with E-state index < -0.39 is 0 Å². The van der Waals surface area contributed by atoms with Gasteiger partial charge in [-0.2, -0.15) is 5.10 Å². The van der Waals surface area contributed by atoms with Gasteiger partial charge >= 0.3 is 5.97 Å². The van der Waals surface area contributed by atoms with Crippen LogP contribution in [-0.2, 0) is 9.53 Å². The molecule has 3 heterocycles. The number of cyclic esters (lactones) is 1. The van der Waals surface area contributed by atoms with E-state index in [0.717, 1.165) is 52.6 Å². The van der Waals surface area contributed by atoms with Crippen molar-refractivity contribution in [3.8, 4) is 11.1 Å². The number of esters is 1. The van der Waals surface area contributed by atoms with Gasteiger partial charge in [0, 0.05) is 40.4 Å². The van der Waals surface area contributed by atoms with Gasteiger partial charge in [-0.15, -0.1) is 11.8 Å². The van der Waals surface area contributed by atoms with Crippen molar-refractivity contribution in [1.82, 2.24) is 15.2 Å². The van der Waals surface area contributed by atoms with Crippen LogP contribution in [0.1, 0.15) is 37.3 Å². The number of nitrogens with zero attached hydrogens (tertiary/aromatic N) is 2. The third kappa shape index (κ3) is 3.67.